The summed E-state index contributed by atoms with van der Waals surface area (Å²) in [5, 5.41) is 6.16. The van der Waals surface area contributed by atoms with E-state index in [4.69, 9.17) is 16.3 Å². The highest BCUT2D eigenvalue weighted by molar-refractivity contribution is 9.10. The van der Waals surface area contributed by atoms with Crippen molar-refractivity contribution in [3.63, 3.8) is 0 Å². The lowest BCUT2D eigenvalue weighted by atomic mass is 10.2. The van der Waals surface area contributed by atoms with Gasteiger partial charge in [-0.3, -0.25) is 0 Å². The van der Waals surface area contributed by atoms with Crippen molar-refractivity contribution in [2.45, 2.75) is 13.5 Å². The standard InChI is InChI=1S/C16H16BrClN2O2/c1-10-7-14(15(22-2)8-13(10)18)20-16(21)19-9-11-3-5-12(17)6-4-11/h3-8H,9H2,1-2H3,(H2,19,20,21). The number of rotatable bonds is 4. The van der Waals surface area contributed by atoms with Gasteiger partial charge in [0.1, 0.15) is 5.75 Å². The lowest BCUT2D eigenvalue weighted by Gasteiger charge is -2.13. The molecule has 0 unspecified atom stereocenters. The van der Waals surface area contributed by atoms with Crippen molar-refractivity contribution < 1.29 is 9.53 Å². The topological polar surface area (TPSA) is 50.4 Å². The first-order chi connectivity index (χ1) is 10.5. The van der Waals surface area contributed by atoms with Crippen molar-refractivity contribution in [3.8, 4) is 5.75 Å². The number of urea groups is 1. The zero-order chi connectivity index (χ0) is 16.1. The summed E-state index contributed by atoms with van der Waals surface area (Å²) < 4.78 is 6.23. The van der Waals surface area contributed by atoms with Crippen LogP contribution >= 0.6 is 27.5 Å². The van der Waals surface area contributed by atoms with Crippen molar-refractivity contribution in [3.05, 3.63) is 57.0 Å². The molecule has 0 saturated carbocycles. The van der Waals surface area contributed by atoms with Crippen LogP contribution in [0.1, 0.15) is 11.1 Å². The molecule has 0 bridgehead atoms. The number of anilines is 1. The molecular weight excluding hydrogens is 368 g/mol. The molecule has 2 aromatic carbocycles. The van der Waals surface area contributed by atoms with Crippen LogP contribution in [0.25, 0.3) is 0 Å². The van der Waals surface area contributed by atoms with Crippen LogP contribution in [-0.2, 0) is 6.54 Å². The molecule has 2 N–H and O–H groups in total. The lowest BCUT2D eigenvalue weighted by molar-refractivity contribution is 0.251. The third-order valence-corrected chi connectivity index (χ3v) is 4.03. The zero-order valence-corrected chi connectivity index (χ0v) is 14.6. The minimum Gasteiger partial charge on any atom is -0.495 e. The van der Waals surface area contributed by atoms with E-state index in [2.05, 4.69) is 26.6 Å². The minimum absolute atomic E-state index is 0.303. The zero-order valence-electron chi connectivity index (χ0n) is 12.2. The number of hydrogen-bond acceptors (Lipinski definition) is 2. The maximum absolute atomic E-state index is 12.0. The molecular formula is C16H16BrClN2O2. The van der Waals surface area contributed by atoms with E-state index in [0.717, 1.165) is 15.6 Å². The average Bonchev–Trinajstić information content (AvgIpc) is 2.50. The molecule has 2 rings (SSSR count). The van der Waals surface area contributed by atoms with Crippen LogP contribution in [0.4, 0.5) is 10.5 Å². The van der Waals surface area contributed by atoms with E-state index in [9.17, 15) is 4.79 Å². The smallest absolute Gasteiger partial charge is 0.319 e. The highest BCUT2D eigenvalue weighted by atomic mass is 79.9. The molecule has 0 heterocycles. The third kappa shape index (κ3) is 4.39. The van der Waals surface area contributed by atoms with E-state index in [-0.39, 0.29) is 6.03 Å². The Morgan fingerprint density at radius 1 is 1.27 bits per heavy atom. The summed E-state index contributed by atoms with van der Waals surface area (Å²) in [4.78, 5) is 12.0. The molecule has 22 heavy (non-hydrogen) atoms. The maximum atomic E-state index is 12.0. The van der Waals surface area contributed by atoms with Gasteiger partial charge in [0, 0.05) is 22.1 Å². The summed E-state index contributed by atoms with van der Waals surface area (Å²) >= 11 is 9.42. The number of halogens is 2. The fraction of sp³-hybridized carbons (Fsp3) is 0.188. The first kappa shape index (κ1) is 16.6. The van der Waals surface area contributed by atoms with Gasteiger partial charge in [0.05, 0.1) is 12.8 Å². The molecule has 0 radical (unpaired) electrons. The number of ether oxygens (including phenoxy) is 1. The molecule has 0 aliphatic rings. The van der Waals surface area contributed by atoms with Crippen molar-refractivity contribution in [1.82, 2.24) is 5.32 Å². The summed E-state index contributed by atoms with van der Waals surface area (Å²) in [7, 11) is 1.53. The summed E-state index contributed by atoms with van der Waals surface area (Å²) in [6.45, 7) is 2.31. The van der Waals surface area contributed by atoms with E-state index in [1.54, 1.807) is 12.1 Å². The Balaban J connectivity index is 2.00. The Morgan fingerprint density at radius 2 is 1.95 bits per heavy atom. The van der Waals surface area contributed by atoms with E-state index in [1.165, 1.54) is 7.11 Å². The van der Waals surface area contributed by atoms with E-state index >= 15 is 0 Å². The van der Waals surface area contributed by atoms with Gasteiger partial charge in [-0.25, -0.2) is 4.79 Å². The van der Waals surface area contributed by atoms with Crippen LogP contribution in [0.3, 0.4) is 0 Å². The summed E-state index contributed by atoms with van der Waals surface area (Å²) in [6, 6.07) is 10.9. The average molecular weight is 384 g/mol. The van der Waals surface area contributed by atoms with Crippen LogP contribution in [0.5, 0.6) is 5.75 Å². The fourth-order valence-corrected chi connectivity index (χ4v) is 2.30. The molecule has 2 aromatic rings. The van der Waals surface area contributed by atoms with Crippen molar-refractivity contribution >= 4 is 39.2 Å². The number of amides is 2. The Bertz CT molecular complexity index is 675. The van der Waals surface area contributed by atoms with E-state index in [0.29, 0.717) is 23.0 Å². The highest BCUT2D eigenvalue weighted by Gasteiger charge is 2.10. The molecule has 116 valence electrons. The maximum Gasteiger partial charge on any atom is 0.319 e. The Kier molecular flexibility index (Phi) is 5.69. The monoisotopic (exact) mass is 382 g/mol. The Morgan fingerprint density at radius 3 is 2.59 bits per heavy atom. The SMILES string of the molecule is COc1cc(Cl)c(C)cc1NC(=O)NCc1ccc(Br)cc1. The van der Waals surface area contributed by atoms with Gasteiger partial charge in [0.2, 0.25) is 0 Å². The first-order valence-corrected chi connectivity index (χ1v) is 7.80. The molecule has 0 fully saturated rings. The Labute approximate surface area is 142 Å². The highest BCUT2D eigenvalue weighted by Crippen LogP contribution is 2.30. The van der Waals surface area contributed by atoms with Crippen molar-refractivity contribution in [2.24, 2.45) is 0 Å². The molecule has 0 atom stereocenters. The number of carbonyl (C=O) groups excluding carboxylic acids is 1. The van der Waals surface area contributed by atoms with Crippen LogP contribution in [0.15, 0.2) is 40.9 Å². The van der Waals surface area contributed by atoms with Gasteiger partial charge in [0.25, 0.3) is 0 Å². The van der Waals surface area contributed by atoms with Crippen LogP contribution in [-0.4, -0.2) is 13.1 Å². The van der Waals surface area contributed by atoms with Gasteiger partial charge in [-0.15, -0.1) is 0 Å². The van der Waals surface area contributed by atoms with Crippen molar-refractivity contribution in [1.29, 1.82) is 0 Å². The third-order valence-electron chi connectivity index (χ3n) is 3.10. The van der Waals surface area contributed by atoms with Gasteiger partial charge >= 0.3 is 6.03 Å². The minimum atomic E-state index is -0.303. The molecule has 0 spiro atoms. The van der Waals surface area contributed by atoms with Gasteiger partial charge in [-0.2, -0.15) is 0 Å². The van der Waals surface area contributed by atoms with Gasteiger partial charge in [0.15, 0.2) is 0 Å². The fourth-order valence-electron chi connectivity index (χ4n) is 1.88. The van der Waals surface area contributed by atoms with E-state index < -0.39 is 0 Å². The number of hydrogen-bond donors (Lipinski definition) is 2. The largest absolute Gasteiger partial charge is 0.495 e. The molecule has 0 aromatic heterocycles. The second kappa shape index (κ2) is 7.51. The summed E-state index contributed by atoms with van der Waals surface area (Å²) in [5.74, 6) is 0.523. The normalized spacial score (nSPS) is 10.2. The van der Waals surface area contributed by atoms with Gasteiger partial charge < -0.3 is 15.4 Å². The lowest BCUT2D eigenvalue weighted by Crippen LogP contribution is -2.28. The predicted octanol–water partition coefficient (Wildman–Crippen LogP) is 4.74. The quantitative estimate of drug-likeness (QED) is 0.801. The number of carbonyl (C=O) groups is 1. The number of methoxy groups -OCH3 is 1. The molecule has 6 heteroatoms. The number of aryl methyl sites for hydroxylation is 1. The first-order valence-electron chi connectivity index (χ1n) is 6.63. The summed E-state index contributed by atoms with van der Waals surface area (Å²) in [5.41, 5.74) is 2.46. The van der Waals surface area contributed by atoms with Gasteiger partial charge in [-0.1, -0.05) is 39.7 Å². The summed E-state index contributed by atoms with van der Waals surface area (Å²) in [6.07, 6.45) is 0. The Hall–Kier alpha value is -1.72. The van der Waals surface area contributed by atoms with E-state index in [1.807, 2.05) is 31.2 Å². The second-order valence-corrected chi connectivity index (χ2v) is 6.06. The van der Waals surface area contributed by atoms with Crippen LogP contribution in [0, 0.1) is 6.92 Å². The van der Waals surface area contributed by atoms with Gasteiger partial charge in [-0.05, 0) is 36.2 Å². The van der Waals surface area contributed by atoms with Crippen molar-refractivity contribution in [2.75, 3.05) is 12.4 Å². The number of benzene rings is 2. The van der Waals surface area contributed by atoms with Crippen LogP contribution < -0.4 is 15.4 Å². The second-order valence-electron chi connectivity index (χ2n) is 4.74. The molecule has 4 nitrogen and oxygen atoms in total. The molecule has 0 aliphatic heterocycles. The predicted molar refractivity (Wildman–Crippen MR) is 92.7 cm³/mol. The van der Waals surface area contributed by atoms with Crippen LogP contribution in [0.2, 0.25) is 5.02 Å². The number of nitrogens with one attached hydrogen (secondary N) is 2. The molecule has 0 saturated heterocycles. The molecule has 2 amide bonds. The molecule has 0 aliphatic carbocycles.